The van der Waals surface area contributed by atoms with Gasteiger partial charge in [0.2, 0.25) is 0 Å². The summed E-state index contributed by atoms with van der Waals surface area (Å²) in [6.07, 6.45) is 0. The molecule has 3 aromatic rings. The monoisotopic (exact) mass is 423 g/mol. The molecule has 0 bridgehead atoms. The van der Waals surface area contributed by atoms with E-state index in [2.05, 4.69) is 17.1 Å². The summed E-state index contributed by atoms with van der Waals surface area (Å²) >= 11 is 3.38. The third-order valence-electron chi connectivity index (χ3n) is 3.15. The van der Waals surface area contributed by atoms with E-state index in [1.165, 1.54) is 16.2 Å². The number of rotatable bonds is 8. The van der Waals surface area contributed by atoms with E-state index in [1.54, 1.807) is 11.3 Å². The van der Waals surface area contributed by atoms with E-state index in [0.29, 0.717) is 17.7 Å². The number of hydrogen-bond acceptors (Lipinski definition) is 5. The summed E-state index contributed by atoms with van der Waals surface area (Å²) < 4.78 is 8.83. The van der Waals surface area contributed by atoms with E-state index < -0.39 is 0 Å². The Morgan fingerprint density at radius 3 is 2.88 bits per heavy atom. The molecule has 0 aliphatic rings. The van der Waals surface area contributed by atoms with Crippen LogP contribution in [0.5, 0.6) is 5.75 Å². The first-order valence-electron chi connectivity index (χ1n) is 7.60. The molecule has 6 heteroatoms. The van der Waals surface area contributed by atoms with Crippen LogP contribution in [-0.2, 0) is 4.79 Å². The normalized spacial score (nSPS) is 10.9. The van der Waals surface area contributed by atoms with Gasteiger partial charge in [-0.3, -0.25) is 0 Å². The van der Waals surface area contributed by atoms with Crippen molar-refractivity contribution in [2.24, 2.45) is 0 Å². The standard InChI is InChI=1S/C18H17NO2S2Se/c1-2-21-14-8-9-16-17(10-14)23-18(19-16)22-11-13(20)12-24-15-6-4-3-5-7-15/h3-10H,2,11-12H2,1H3. The second-order valence-corrected chi connectivity index (χ2v) is 9.42. The van der Waals surface area contributed by atoms with E-state index in [1.807, 2.05) is 43.3 Å². The number of carbonyl (C=O) groups excluding carboxylic acids is 1. The van der Waals surface area contributed by atoms with Gasteiger partial charge < -0.3 is 0 Å². The molecule has 0 atom stereocenters. The molecule has 124 valence electrons. The van der Waals surface area contributed by atoms with Crippen molar-refractivity contribution < 1.29 is 9.53 Å². The second-order valence-electron chi connectivity index (χ2n) is 4.97. The Hall–Kier alpha value is -1.33. The molecule has 0 spiro atoms. The van der Waals surface area contributed by atoms with Crippen LogP contribution in [0.4, 0.5) is 0 Å². The van der Waals surface area contributed by atoms with E-state index in [-0.39, 0.29) is 20.7 Å². The Morgan fingerprint density at radius 1 is 1.25 bits per heavy atom. The zero-order valence-corrected chi connectivity index (χ0v) is 16.6. The van der Waals surface area contributed by atoms with Gasteiger partial charge in [0.25, 0.3) is 0 Å². The minimum absolute atomic E-state index is 0.221. The van der Waals surface area contributed by atoms with Crippen LogP contribution in [0.2, 0.25) is 5.32 Å². The first kappa shape index (κ1) is 17.5. The molecule has 1 heterocycles. The molecule has 0 saturated heterocycles. The SMILES string of the molecule is CCOc1ccc2nc(SCC(=O)C[Se]c3ccccc3)sc2c1. The van der Waals surface area contributed by atoms with Gasteiger partial charge in [0.05, 0.1) is 0 Å². The van der Waals surface area contributed by atoms with Crippen molar-refractivity contribution in [3.8, 4) is 5.75 Å². The first-order chi connectivity index (χ1) is 11.7. The first-order valence-corrected chi connectivity index (χ1v) is 11.5. The molecular formula is C18H17NO2S2Se. The van der Waals surface area contributed by atoms with Gasteiger partial charge in [-0.15, -0.1) is 0 Å². The summed E-state index contributed by atoms with van der Waals surface area (Å²) in [7, 11) is 0. The number of ketones is 1. The van der Waals surface area contributed by atoms with Crippen LogP contribution in [0.3, 0.4) is 0 Å². The number of thioether (sulfide) groups is 1. The predicted molar refractivity (Wildman–Crippen MR) is 103 cm³/mol. The fourth-order valence-electron chi connectivity index (χ4n) is 2.07. The summed E-state index contributed by atoms with van der Waals surface area (Å²) in [6, 6.07) is 16.1. The van der Waals surface area contributed by atoms with Crippen LogP contribution in [0.25, 0.3) is 10.2 Å². The van der Waals surface area contributed by atoms with E-state index in [0.717, 1.165) is 20.3 Å². The molecule has 24 heavy (non-hydrogen) atoms. The molecule has 2 aromatic carbocycles. The van der Waals surface area contributed by atoms with Crippen LogP contribution in [0.15, 0.2) is 52.9 Å². The Morgan fingerprint density at radius 2 is 2.08 bits per heavy atom. The van der Waals surface area contributed by atoms with Crippen LogP contribution >= 0.6 is 23.1 Å². The number of benzene rings is 2. The van der Waals surface area contributed by atoms with E-state index in [9.17, 15) is 4.79 Å². The summed E-state index contributed by atoms with van der Waals surface area (Å²) in [5.74, 6) is 1.65. The molecule has 0 amide bonds. The number of hydrogen-bond donors (Lipinski definition) is 0. The van der Waals surface area contributed by atoms with Gasteiger partial charge in [0, 0.05) is 0 Å². The Bertz CT molecular complexity index is 820. The molecule has 1 aromatic heterocycles. The Labute approximate surface area is 156 Å². The van der Waals surface area contributed by atoms with Crippen LogP contribution in [0, 0.1) is 0 Å². The number of Topliss-reactive ketones (excluding diaryl/α,β-unsaturated/α-hetero) is 1. The maximum atomic E-state index is 12.1. The Balaban J connectivity index is 1.54. The number of carbonyl (C=O) groups is 1. The second kappa shape index (κ2) is 8.67. The average Bonchev–Trinajstić information content (AvgIpc) is 3.01. The summed E-state index contributed by atoms with van der Waals surface area (Å²) in [6.45, 7) is 2.63. The zero-order chi connectivity index (χ0) is 16.8. The molecule has 0 saturated carbocycles. The predicted octanol–water partition coefficient (Wildman–Crippen LogP) is 3.80. The van der Waals surface area contributed by atoms with Gasteiger partial charge in [-0.2, -0.15) is 0 Å². The van der Waals surface area contributed by atoms with Crippen molar-refractivity contribution in [2.75, 3.05) is 12.4 Å². The molecule has 0 fully saturated rings. The maximum absolute atomic E-state index is 12.1. The van der Waals surface area contributed by atoms with Crippen LogP contribution in [-0.4, -0.2) is 38.1 Å². The molecule has 3 rings (SSSR count). The zero-order valence-electron chi connectivity index (χ0n) is 13.2. The molecule has 0 radical (unpaired) electrons. The van der Waals surface area contributed by atoms with Gasteiger partial charge in [-0.05, 0) is 0 Å². The molecule has 0 unspecified atom stereocenters. The molecular weight excluding hydrogens is 405 g/mol. The van der Waals surface area contributed by atoms with Gasteiger partial charge in [-0.25, -0.2) is 0 Å². The number of ether oxygens (including phenoxy) is 1. The van der Waals surface area contributed by atoms with Crippen molar-refractivity contribution in [1.29, 1.82) is 0 Å². The molecule has 0 aliphatic heterocycles. The topological polar surface area (TPSA) is 39.2 Å². The number of nitrogens with zero attached hydrogens (tertiary/aromatic N) is 1. The third-order valence-corrected chi connectivity index (χ3v) is 7.62. The van der Waals surface area contributed by atoms with Gasteiger partial charge >= 0.3 is 156 Å². The van der Waals surface area contributed by atoms with Gasteiger partial charge in [0.1, 0.15) is 0 Å². The van der Waals surface area contributed by atoms with Crippen LogP contribution < -0.4 is 9.20 Å². The molecule has 0 aliphatic carbocycles. The van der Waals surface area contributed by atoms with Crippen molar-refractivity contribution in [2.45, 2.75) is 16.6 Å². The summed E-state index contributed by atoms with van der Waals surface area (Å²) in [4.78, 5) is 16.7. The van der Waals surface area contributed by atoms with Gasteiger partial charge in [-0.1, -0.05) is 0 Å². The van der Waals surface area contributed by atoms with Gasteiger partial charge in [0.15, 0.2) is 0 Å². The van der Waals surface area contributed by atoms with Crippen molar-refractivity contribution >= 4 is 58.5 Å². The number of aromatic nitrogens is 1. The van der Waals surface area contributed by atoms with Crippen LogP contribution in [0.1, 0.15) is 6.92 Å². The Kier molecular flexibility index (Phi) is 6.32. The summed E-state index contributed by atoms with van der Waals surface area (Å²) in [5.41, 5.74) is 0.965. The van der Waals surface area contributed by atoms with Crippen molar-refractivity contribution in [1.82, 2.24) is 4.98 Å². The fourth-order valence-corrected chi connectivity index (χ4v) is 5.95. The molecule has 0 N–H and O–H groups in total. The number of thiazole rings is 1. The van der Waals surface area contributed by atoms with E-state index in [4.69, 9.17) is 4.74 Å². The third kappa shape index (κ3) is 4.83. The fraction of sp³-hybridized carbons (Fsp3) is 0.222. The van der Waals surface area contributed by atoms with Crippen molar-refractivity contribution in [3.63, 3.8) is 0 Å². The van der Waals surface area contributed by atoms with E-state index >= 15 is 0 Å². The average molecular weight is 422 g/mol. The van der Waals surface area contributed by atoms with Crippen molar-refractivity contribution in [3.05, 3.63) is 48.5 Å². The number of fused-ring (bicyclic) bond motifs is 1. The molecule has 3 nitrogen and oxygen atoms in total. The quantitative estimate of drug-likeness (QED) is 0.409. The summed E-state index contributed by atoms with van der Waals surface area (Å²) in [5, 5.41) is 0.642. The minimum atomic E-state index is 0.221.